The number of piperidine rings is 1. The van der Waals surface area contributed by atoms with E-state index in [1.54, 1.807) is 0 Å². The van der Waals surface area contributed by atoms with Gasteiger partial charge in [-0.15, -0.1) is 0 Å². The average Bonchev–Trinajstić information content (AvgIpc) is 2.80. The Morgan fingerprint density at radius 1 is 1.37 bits per heavy atom. The van der Waals surface area contributed by atoms with Gasteiger partial charge in [0.1, 0.15) is 0 Å². The van der Waals surface area contributed by atoms with Gasteiger partial charge in [0.05, 0.1) is 6.54 Å². The van der Waals surface area contributed by atoms with Crippen molar-refractivity contribution in [1.82, 2.24) is 15.0 Å². The Morgan fingerprint density at radius 2 is 2.11 bits per heavy atom. The van der Waals surface area contributed by atoms with E-state index in [1.807, 2.05) is 0 Å². The number of nitrogens with zero attached hydrogens (tertiary/aromatic N) is 3. The lowest BCUT2D eigenvalue weighted by atomic mass is 9.93. The first-order chi connectivity index (χ1) is 8.90. The fraction of sp³-hybridized carbons (Fsp3) is 0.857. The summed E-state index contributed by atoms with van der Waals surface area (Å²) >= 11 is 0. The lowest BCUT2D eigenvalue weighted by molar-refractivity contribution is 0.100. The Bertz CT molecular complexity index is 410. The van der Waals surface area contributed by atoms with E-state index in [1.165, 1.54) is 12.8 Å². The second kappa shape index (κ2) is 5.59. The van der Waals surface area contributed by atoms with Crippen molar-refractivity contribution in [2.75, 3.05) is 13.1 Å². The van der Waals surface area contributed by atoms with Crippen LogP contribution >= 0.6 is 0 Å². The second-order valence-electron chi connectivity index (χ2n) is 6.72. The number of aromatic nitrogens is 2. The van der Waals surface area contributed by atoms with Gasteiger partial charge in [0, 0.05) is 18.0 Å². The smallest absolute Gasteiger partial charge is 0.240 e. The summed E-state index contributed by atoms with van der Waals surface area (Å²) in [6.45, 7) is 11.1. The lowest BCUT2D eigenvalue weighted by Gasteiger charge is -2.36. The molecule has 108 valence electrons. The van der Waals surface area contributed by atoms with E-state index in [4.69, 9.17) is 10.3 Å². The molecule has 2 heterocycles. The van der Waals surface area contributed by atoms with Crippen LogP contribution in [0, 0.1) is 5.92 Å². The number of hydrogen-bond acceptors (Lipinski definition) is 5. The van der Waals surface area contributed by atoms with Gasteiger partial charge < -0.3 is 10.3 Å². The Hall–Kier alpha value is -0.940. The van der Waals surface area contributed by atoms with Crippen LogP contribution in [0.5, 0.6) is 0 Å². The summed E-state index contributed by atoms with van der Waals surface area (Å²) in [4.78, 5) is 6.91. The minimum Gasteiger partial charge on any atom is -0.338 e. The van der Waals surface area contributed by atoms with Gasteiger partial charge in [-0.1, -0.05) is 25.9 Å². The Labute approximate surface area is 115 Å². The molecule has 0 bridgehead atoms. The van der Waals surface area contributed by atoms with Crippen molar-refractivity contribution in [3.05, 3.63) is 11.7 Å². The van der Waals surface area contributed by atoms with Crippen molar-refractivity contribution in [3.63, 3.8) is 0 Å². The van der Waals surface area contributed by atoms with Gasteiger partial charge in [-0.3, -0.25) is 4.90 Å². The van der Waals surface area contributed by atoms with Crippen molar-refractivity contribution in [2.45, 2.75) is 58.5 Å². The molecule has 1 aromatic rings. The molecule has 0 radical (unpaired) electrons. The van der Waals surface area contributed by atoms with Crippen molar-refractivity contribution in [1.29, 1.82) is 0 Å². The van der Waals surface area contributed by atoms with E-state index >= 15 is 0 Å². The number of rotatable bonds is 3. The van der Waals surface area contributed by atoms with Crippen LogP contribution in [0.4, 0.5) is 0 Å². The lowest BCUT2D eigenvalue weighted by Crippen LogP contribution is -2.43. The summed E-state index contributed by atoms with van der Waals surface area (Å²) in [5.41, 5.74) is 5.73. The third-order valence-electron chi connectivity index (χ3n) is 3.92. The van der Waals surface area contributed by atoms with E-state index in [9.17, 15) is 0 Å². The van der Waals surface area contributed by atoms with Gasteiger partial charge in [0.2, 0.25) is 5.89 Å². The molecule has 5 heteroatoms. The van der Waals surface area contributed by atoms with Gasteiger partial charge in [-0.05, 0) is 32.2 Å². The zero-order valence-electron chi connectivity index (χ0n) is 12.5. The van der Waals surface area contributed by atoms with Crippen LogP contribution in [0.2, 0.25) is 0 Å². The molecule has 2 rings (SSSR count). The van der Waals surface area contributed by atoms with Gasteiger partial charge in [-0.25, -0.2) is 0 Å². The van der Waals surface area contributed by atoms with Gasteiger partial charge >= 0.3 is 0 Å². The molecule has 1 saturated heterocycles. The standard InChI is InChI=1S/C14H26N4O/c1-10-5-6-11(7-15)8-18(10)9-12-16-13(17-19-12)14(2,3)4/h10-11H,5-9,15H2,1-4H3. The molecule has 0 aliphatic carbocycles. The minimum atomic E-state index is -0.0605. The Morgan fingerprint density at radius 3 is 2.68 bits per heavy atom. The summed E-state index contributed by atoms with van der Waals surface area (Å²) in [6, 6.07) is 0.563. The molecule has 0 amide bonds. The van der Waals surface area contributed by atoms with Crippen LogP contribution in [-0.4, -0.2) is 34.2 Å². The highest BCUT2D eigenvalue weighted by Crippen LogP contribution is 2.24. The highest BCUT2D eigenvalue weighted by atomic mass is 16.5. The fourth-order valence-electron chi connectivity index (χ4n) is 2.47. The maximum Gasteiger partial charge on any atom is 0.240 e. The molecular formula is C14H26N4O. The maximum absolute atomic E-state index is 5.79. The molecule has 0 aromatic carbocycles. The number of nitrogens with two attached hydrogens (primary N) is 1. The van der Waals surface area contributed by atoms with Crippen LogP contribution in [0.15, 0.2) is 4.52 Å². The predicted molar refractivity (Wildman–Crippen MR) is 74.6 cm³/mol. The molecule has 1 aromatic heterocycles. The first-order valence-corrected chi connectivity index (χ1v) is 7.17. The number of hydrogen-bond donors (Lipinski definition) is 1. The van der Waals surface area contributed by atoms with E-state index in [2.05, 4.69) is 42.7 Å². The third-order valence-corrected chi connectivity index (χ3v) is 3.92. The van der Waals surface area contributed by atoms with E-state index in [0.29, 0.717) is 12.0 Å². The molecule has 2 N–H and O–H groups in total. The normalized spacial score (nSPS) is 25.7. The summed E-state index contributed by atoms with van der Waals surface area (Å²) < 4.78 is 5.38. The molecule has 1 aliphatic heterocycles. The zero-order valence-corrected chi connectivity index (χ0v) is 12.5. The molecule has 1 aliphatic rings. The largest absolute Gasteiger partial charge is 0.338 e. The van der Waals surface area contributed by atoms with Crippen molar-refractivity contribution in [2.24, 2.45) is 11.7 Å². The van der Waals surface area contributed by atoms with E-state index in [0.717, 1.165) is 31.3 Å². The highest BCUT2D eigenvalue weighted by molar-refractivity contribution is 5.00. The third kappa shape index (κ3) is 3.54. The minimum absolute atomic E-state index is 0.0605. The predicted octanol–water partition coefficient (Wildman–Crippen LogP) is 1.93. The average molecular weight is 266 g/mol. The summed E-state index contributed by atoms with van der Waals surface area (Å²) in [7, 11) is 0. The van der Waals surface area contributed by atoms with Crippen LogP contribution in [-0.2, 0) is 12.0 Å². The Kier molecular flexibility index (Phi) is 4.26. The van der Waals surface area contributed by atoms with Crippen LogP contribution < -0.4 is 5.73 Å². The molecule has 19 heavy (non-hydrogen) atoms. The number of likely N-dealkylation sites (tertiary alicyclic amines) is 1. The maximum atomic E-state index is 5.79. The second-order valence-corrected chi connectivity index (χ2v) is 6.72. The molecule has 5 nitrogen and oxygen atoms in total. The quantitative estimate of drug-likeness (QED) is 0.905. The molecule has 2 atom stereocenters. The molecular weight excluding hydrogens is 240 g/mol. The topological polar surface area (TPSA) is 68.2 Å². The monoisotopic (exact) mass is 266 g/mol. The van der Waals surface area contributed by atoms with Crippen molar-refractivity contribution < 1.29 is 4.52 Å². The summed E-state index contributed by atoms with van der Waals surface area (Å²) in [5, 5.41) is 4.08. The van der Waals surface area contributed by atoms with E-state index in [-0.39, 0.29) is 5.41 Å². The van der Waals surface area contributed by atoms with Crippen LogP contribution in [0.25, 0.3) is 0 Å². The first-order valence-electron chi connectivity index (χ1n) is 7.17. The summed E-state index contributed by atoms with van der Waals surface area (Å²) in [6.07, 6.45) is 2.42. The molecule has 2 unspecified atom stereocenters. The van der Waals surface area contributed by atoms with Gasteiger partial charge in [-0.2, -0.15) is 4.98 Å². The van der Waals surface area contributed by atoms with Crippen LogP contribution in [0.3, 0.4) is 0 Å². The molecule has 0 spiro atoms. The zero-order chi connectivity index (χ0) is 14.0. The Balaban J connectivity index is 2.01. The van der Waals surface area contributed by atoms with Crippen molar-refractivity contribution >= 4 is 0 Å². The summed E-state index contributed by atoms with van der Waals surface area (Å²) in [5.74, 6) is 2.10. The van der Waals surface area contributed by atoms with E-state index < -0.39 is 0 Å². The highest BCUT2D eigenvalue weighted by Gasteiger charge is 2.27. The van der Waals surface area contributed by atoms with Gasteiger partial charge in [0.15, 0.2) is 5.82 Å². The SMILES string of the molecule is CC1CCC(CN)CN1Cc1nc(C(C)(C)C)no1. The molecule has 1 fully saturated rings. The fourth-order valence-corrected chi connectivity index (χ4v) is 2.47. The van der Waals surface area contributed by atoms with Crippen molar-refractivity contribution in [3.8, 4) is 0 Å². The van der Waals surface area contributed by atoms with Crippen LogP contribution in [0.1, 0.15) is 52.3 Å². The van der Waals surface area contributed by atoms with Gasteiger partial charge in [0.25, 0.3) is 0 Å². The molecule has 0 saturated carbocycles. The first kappa shape index (κ1) is 14.5.